The topological polar surface area (TPSA) is 72.9 Å². The van der Waals surface area contributed by atoms with Crippen molar-refractivity contribution in [1.29, 1.82) is 0 Å². The summed E-state index contributed by atoms with van der Waals surface area (Å²) in [5.41, 5.74) is -0.690. The van der Waals surface area contributed by atoms with E-state index in [0.717, 1.165) is 0 Å². The van der Waals surface area contributed by atoms with Gasteiger partial charge in [0.1, 0.15) is 11.7 Å². The van der Waals surface area contributed by atoms with Gasteiger partial charge in [0.05, 0.1) is 12.0 Å². The molecule has 2 rings (SSSR count). The SMILES string of the molecule is CC(C)C1CC(C2C[C@@H](C(C)C)C(=O)O2)N(C(=O)OC(C)(C)C)C1=O. The summed E-state index contributed by atoms with van der Waals surface area (Å²) < 4.78 is 11.0. The Morgan fingerprint density at radius 3 is 2.08 bits per heavy atom. The largest absolute Gasteiger partial charge is 0.460 e. The van der Waals surface area contributed by atoms with Crippen LogP contribution in [0.5, 0.6) is 0 Å². The highest BCUT2D eigenvalue weighted by Crippen LogP contribution is 2.39. The summed E-state index contributed by atoms with van der Waals surface area (Å²) in [6, 6.07) is -0.442. The van der Waals surface area contributed by atoms with E-state index in [4.69, 9.17) is 9.47 Å². The third-order valence-electron chi connectivity index (χ3n) is 5.07. The Hall–Kier alpha value is -1.59. The normalized spacial score (nSPS) is 30.4. The Kier molecular flexibility index (Phi) is 5.50. The van der Waals surface area contributed by atoms with Gasteiger partial charge in [-0.1, -0.05) is 27.7 Å². The van der Waals surface area contributed by atoms with Gasteiger partial charge in [0.15, 0.2) is 0 Å². The van der Waals surface area contributed by atoms with Crippen LogP contribution in [0.25, 0.3) is 0 Å². The van der Waals surface area contributed by atoms with Gasteiger partial charge in [0.2, 0.25) is 5.91 Å². The number of cyclic esters (lactones) is 1. The summed E-state index contributed by atoms with van der Waals surface area (Å²) in [5, 5.41) is 0. The lowest BCUT2D eigenvalue weighted by atomic mass is 9.88. The molecule has 0 aromatic rings. The molecule has 25 heavy (non-hydrogen) atoms. The summed E-state index contributed by atoms with van der Waals surface area (Å²) in [6.45, 7) is 13.2. The standard InChI is InChI=1S/C19H31NO5/c1-10(2)12-8-14(15-9-13(11(3)4)17(22)24-15)20(16(12)21)18(23)25-19(5,6)7/h10-15H,8-9H2,1-7H3/t12?,13-,14?,15?/m0/s1. The molecule has 6 nitrogen and oxygen atoms in total. The molecule has 0 N–H and O–H groups in total. The zero-order valence-corrected chi connectivity index (χ0v) is 16.4. The minimum Gasteiger partial charge on any atom is -0.460 e. The molecule has 0 aromatic heterocycles. The maximum atomic E-state index is 12.8. The Labute approximate surface area is 150 Å². The van der Waals surface area contributed by atoms with Gasteiger partial charge in [0.25, 0.3) is 0 Å². The molecular weight excluding hydrogens is 322 g/mol. The third-order valence-corrected chi connectivity index (χ3v) is 5.07. The highest BCUT2D eigenvalue weighted by molar-refractivity contribution is 5.96. The van der Waals surface area contributed by atoms with Gasteiger partial charge in [-0.3, -0.25) is 9.59 Å². The number of esters is 1. The number of carbonyl (C=O) groups excluding carboxylic acids is 3. The molecule has 142 valence electrons. The van der Waals surface area contributed by atoms with Crippen LogP contribution in [0.2, 0.25) is 0 Å². The van der Waals surface area contributed by atoms with Gasteiger partial charge in [-0.2, -0.15) is 0 Å². The zero-order valence-electron chi connectivity index (χ0n) is 16.4. The first-order valence-corrected chi connectivity index (χ1v) is 9.19. The van der Waals surface area contributed by atoms with Crippen LogP contribution in [0.4, 0.5) is 4.79 Å². The predicted molar refractivity (Wildman–Crippen MR) is 92.6 cm³/mol. The molecule has 2 aliphatic heterocycles. The second-order valence-corrected chi connectivity index (χ2v) is 8.90. The fourth-order valence-corrected chi connectivity index (χ4v) is 3.63. The van der Waals surface area contributed by atoms with Crippen molar-refractivity contribution in [3.63, 3.8) is 0 Å². The summed E-state index contributed by atoms with van der Waals surface area (Å²) in [7, 11) is 0. The third kappa shape index (κ3) is 4.15. The Balaban J connectivity index is 2.25. The maximum absolute atomic E-state index is 12.8. The van der Waals surface area contributed by atoms with Gasteiger partial charge in [0, 0.05) is 5.92 Å². The molecule has 2 heterocycles. The van der Waals surface area contributed by atoms with Crippen LogP contribution in [0.3, 0.4) is 0 Å². The van der Waals surface area contributed by atoms with Crippen molar-refractivity contribution >= 4 is 18.0 Å². The average Bonchev–Trinajstić information content (AvgIpc) is 2.97. The van der Waals surface area contributed by atoms with Crippen molar-refractivity contribution in [2.75, 3.05) is 0 Å². The van der Waals surface area contributed by atoms with Crippen molar-refractivity contribution in [2.24, 2.45) is 23.7 Å². The molecule has 3 unspecified atom stereocenters. The number of rotatable bonds is 3. The summed E-state index contributed by atoms with van der Waals surface area (Å²) in [5.74, 6) is -0.609. The number of ether oxygens (including phenoxy) is 2. The van der Waals surface area contributed by atoms with Crippen LogP contribution < -0.4 is 0 Å². The Morgan fingerprint density at radius 1 is 1.08 bits per heavy atom. The Morgan fingerprint density at radius 2 is 1.64 bits per heavy atom. The fourth-order valence-electron chi connectivity index (χ4n) is 3.63. The number of hydrogen-bond acceptors (Lipinski definition) is 5. The molecular formula is C19H31NO5. The predicted octanol–water partition coefficient (Wildman–Crippen LogP) is 3.38. The molecule has 0 radical (unpaired) electrons. The van der Waals surface area contributed by atoms with Crippen molar-refractivity contribution < 1.29 is 23.9 Å². The minimum atomic E-state index is -0.690. The fraction of sp³-hybridized carbons (Fsp3) is 0.842. The molecule has 0 spiro atoms. The van der Waals surface area contributed by atoms with E-state index in [1.807, 2.05) is 27.7 Å². The lowest BCUT2D eigenvalue weighted by Gasteiger charge is -2.29. The first kappa shape index (κ1) is 19.7. The van der Waals surface area contributed by atoms with Crippen LogP contribution in [0, 0.1) is 23.7 Å². The van der Waals surface area contributed by atoms with Crippen LogP contribution >= 0.6 is 0 Å². The number of amides is 2. The van der Waals surface area contributed by atoms with E-state index in [0.29, 0.717) is 12.8 Å². The van der Waals surface area contributed by atoms with Crippen molar-refractivity contribution in [3.8, 4) is 0 Å². The lowest BCUT2D eigenvalue weighted by Crippen LogP contribution is -2.47. The van der Waals surface area contributed by atoms with Crippen molar-refractivity contribution in [1.82, 2.24) is 4.90 Å². The van der Waals surface area contributed by atoms with Gasteiger partial charge in [-0.25, -0.2) is 9.69 Å². The van der Waals surface area contributed by atoms with E-state index >= 15 is 0 Å². The highest BCUT2D eigenvalue weighted by Gasteiger charge is 2.52. The molecule has 0 aliphatic carbocycles. The van der Waals surface area contributed by atoms with E-state index < -0.39 is 23.8 Å². The van der Waals surface area contributed by atoms with E-state index in [2.05, 4.69) is 0 Å². The van der Waals surface area contributed by atoms with Crippen LogP contribution in [-0.2, 0) is 19.1 Å². The monoisotopic (exact) mass is 353 g/mol. The minimum absolute atomic E-state index is 0.112. The molecule has 0 bridgehead atoms. The van der Waals surface area contributed by atoms with E-state index in [-0.39, 0.29) is 35.5 Å². The number of nitrogens with zero attached hydrogens (tertiary/aromatic N) is 1. The number of likely N-dealkylation sites (tertiary alicyclic amines) is 1. The van der Waals surface area contributed by atoms with Crippen LogP contribution in [-0.4, -0.2) is 40.6 Å². The van der Waals surface area contributed by atoms with Crippen LogP contribution in [0.15, 0.2) is 0 Å². The zero-order chi connectivity index (χ0) is 19.1. The smallest absolute Gasteiger partial charge is 0.417 e. The average molecular weight is 353 g/mol. The second kappa shape index (κ2) is 6.96. The molecule has 2 fully saturated rings. The van der Waals surface area contributed by atoms with E-state index in [1.165, 1.54) is 4.90 Å². The second-order valence-electron chi connectivity index (χ2n) is 8.90. The van der Waals surface area contributed by atoms with Gasteiger partial charge >= 0.3 is 12.1 Å². The van der Waals surface area contributed by atoms with Crippen molar-refractivity contribution in [2.45, 2.75) is 79.1 Å². The summed E-state index contributed by atoms with van der Waals surface area (Å²) in [6.07, 6.45) is -0.0355. The van der Waals surface area contributed by atoms with Crippen molar-refractivity contribution in [3.05, 3.63) is 0 Å². The molecule has 0 aromatic carbocycles. The van der Waals surface area contributed by atoms with Gasteiger partial charge < -0.3 is 9.47 Å². The quantitative estimate of drug-likeness (QED) is 0.727. The molecule has 2 saturated heterocycles. The number of carbonyl (C=O) groups is 3. The molecule has 2 aliphatic rings. The molecule has 0 saturated carbocycles. The number of hydrogen-bond donors (Lipinski definition) is 0. The van der Waals surface area contributed by atoms with E-state index in [1.54, 1.807) is 20.8 Å². The summed E-state index contributed by atoms with van der Waals surface area (Å²) in [4.78, 5) is 38.8. The highest BCUT2D eigenvalue weighted by atomic mass is 16.6. The number of imide groups is 1. The maximum Gasteiger partial charge on any atom is 0.417 e. The van der Waals surface area contributed by atoms with Crippen LogP contribution in [0.1, 0.15) is 61.3 Å². The molecule has 6 heteroatoms. The summed E-state index contributed by atoms with van der Waals surface area (Å²) >= 11 is 0. The van der Waals surface area contributed by atoms with Gasteiger partial charge in [-0.05, 0) is 45.4 Å². The molecule has 2 amide bonds. The molecule has 4 atom stereocenters. The van der Waals surface area contributed by atoms with Gasteiger partial charge in [-0.15, -0.1) is 0 Å². The first-order chi connectivity index (χ1) is 11.4. The Bertz CT molecular complexity index is 549. The van der Waals surface area contributed by atoms with E-state index in [9.17, 15) is 14.4 Å². The first-order valence-electron chi connectivity index (χ1n) is 9.19. The lowest BCUT2D eigenvalue weighted by molar-refractivity contribution is -0.148.